The Hall–Kier alpha value is -2.44. The number of pyridine rings is 1. The van der Waals surface area contributed by atoms with E-state index in [9.17, 15) is 4.79 Å². The zero-order valence-corrected chi connectivity index (χ0v) is 14.3. The SMILES string of the molecule is O=C(NCc1nnc(C2CC2)o1)c1ccc(N2CCCCCC2)nc1. The molecule has 0 spiro atoms. The number of anilines is 1. The Kier molecular flexibility index (Phi) is 4.63. The molecule has 2 fully saturated rings. The van der Waals surface area contributed by atoms with Crippen molar-refractivity contribution in [1.29, 1.82) is 0 Å². The number of hydrogen-bond acceptors (Lipinski definition) is 6. The number of nitrogens with one attached hydrogen (secondary N) is 1. The van der Waals surface area contributed by atoms with Crippen molar-refractivity contribution in [3.8, 4) is 0 Å². The third-order valence-electron chi connectivity index (χ3n) is 4.75. The quantitative estimate of drug-likeness (QED) is 0.900. The first-order valence-electron chi connectivity index (χ1n) is 9.11. The van der Waals surface area contributed by atoms with E-state index in [1.807, 2.05) is 12.1 Å². The van der Waals surface area contributed by atoms with Gasteiger partial charge >= 0.3 is 0 Å². The van der Waals surface area contributed by atoms with E-state index in [2.05, 4.69) is 25.4 Å². The Balaban J connectivity index is 1.33. The molecule has 2 aliphatic rings. The van der Waals surface area contributed by atoms with E-state index in [0.29, 0.717) is 23.3 Å². The number of carbonyl (C=O) groups is 1. The Bertz CT molecular complexity index is 715. The van der Waals surface area contributed by atoms with Crippen LogP contribution in [-0.2, 0) is 6.54 Å². The van der Waals surface area contributed by atoms with E-state index in [0.717, 1.165) is 31.7 Å². The fourth-order valence-electron chi connectivity index (χ4n) is 3.10. The minimum atomic E-state index is -0.180. The lowest BCUT2D eigenvalue weighted by molar-refractivity contribution is 0.0946. The Morgan fingerprint density at radius 1 is 1.16 bits per heavy atom. The summed E-state index contributed by atoms with van der Waals surface area (Å²) in [5.41, 5.74) is 0.542. The van der Waals surface area contributed by atoms with Crippen LogP contribution in [0.3, 0.4) is 0 Å². The van der Waals surface area contributed by atoms with Crippen molar-refractivity contribution in [2.75, 3.05) is 18.0 Å². The highest BCUT2D eigenvalue weighted by atomic mass is 16.4. The number of carbonyl (C=O) groups excluding carboxylic acids is 1. The highest BCUT2D eigenvalue weighted by Crippen LogP contribution is 2.38. The van der Waals surface area contributed by atoms with Crippen LogP contribution in [0.5, 0.6) is 0 Å². The van der Waals surface area contributed by atoms with Crippen molar-refractivity contribution < 1.29 is 9.21 Å². The summed E-state index contributed by atoms with van der Waals surface area (Å²) in [6.45, 7) is 2.32. The van der Waals surface area contributed by atoms with Crippen molar-refractivity contribution in [1.82, 2.24) is 20.5 Å². The van der Waals surface area contributed by atoms with Crippen LogP contribution in [0.15, 0.2) is 22.7 Å². The molecule has 1 aliphatic heterocycles. The molecule has 7 heteroatoms. The Morgan fingerprint density at radius 3 is 2.64 bits per heavy atom. The molecular weight excluding hydrogens is 318 g/mol. The zero-order chi connectivity index (χ0) is 17.1. The molecule has 132 valence electrons. The van der Waals surface area contributed by atoms with Gasteiger partial charge in [-0.3, -0.25) is 4.79 Å². The number of amides is 1. The van der Waals surface area contributed by atoms with Crippen LogP contribution in [0.2, 0.25) is 0 Å². The molecule has 1 N–H and O–H groups in total. The average molecular weight is 341 g/mol. The van der Waals surface area contributed by atoms with E-state index < -0.39 is 0 Å². The van der Waals surface area contributed by atoms with Gasteiger partial charge in [0.15, 0.2) is 0 Å². The van der Waals surface area contributed by atoms with E-state index in [1.54, 1.807) is 6.20 Å². The summed E-state index contributed by atoms with van der Waals surface area (Å²) in [4.78, 5) is 19.0. The molecule has 7 nitrogen and oxygen atoms in total. The van der Waals surface area contributed by atoms with Crippen molar-refractivity contribution in [3.63, 3.8) is 0 Å². The molecule has 4 rings (SSSR count). The van der Waals surface area contributed by atoms with Gasteiger partial charge in [-0.05, 0) is 37.8 Å². The van der Waals surface area contributed by atoms with Gasteiger partial charge in [-0.2, -0.15) is 0 Å². The Labute approximate surface area is 146 Å². The normalized spacial score (nSPS) is 18.0. The first-order chi connectivity index (χ1) is 12.3. The molecular formula is C18H23N5O2. The summed E-state index contributed by atoms with van der Waals surface area (Å²) in [5, 5.41) is 10.8. The Morgan fingerprint density at radius 2 is 1.96 bits per heavy atom. The number of nitrogens with zero attached hydrogens (tertiary/aromatic N) is 4. The summed E-state index contributed by atoms with van der Waals surface area (Å²) in [5.74, 6) is 2.33. The summed E-state index contributed by atoms with van der Waals surface area (Å²) in [7, 11) is 0. The highest BCUT2D eigenvalue weighted by molar-refractivity contribution is 5.93. The first kappa shape index (κ1) is 16.1. The molecule has 2 aromatic heterocycles. The molecule has 1 aliphatic carbocycles. The molecule has 1 amide bonds. The molecule has 0 radical (unpaired) electrons. The summed E-state index contributed by atoms with van der Waals surface area (Å²) < 4.78 is 5.54. The number of aromatic nitrogens is 3. The molecule has 0 aromatic carbocycles. The monoisotopic (exact) mass is 341 g/mol. The van der Waals surface area contributed by atoms with Gasteiger partial charge in [0, 0.05) is 25.2 Å². The molecule has 0 unspecified atom stereocenters. The van der Waals surface area contributed by atoms with Crippen LogP contribution in [0, 0.1) is 0 Å². The maximum atomic E-state index is 12.3. The van der Waals surface area contributed by atoms with Crippen LogP contribution < -0.4 is 10.2 Å². The van der Waals surface area contributed by atoms with Crippen LogP contribution in [-0.4, -0.2) is 34.2 Å². The summed E-state index contributed by atoms with van der Waals surface area (Å²) in [6.07, 6.45) is 8.85. The minimum absolute atomic E-state index is 0.180. The zero-order valence-electron chi connectivity index (χ0n) is 14.3. The van der Waals surface area contributed by atoms with Crippen molar-refractivity contribution >= 4 is 11.7 Å². The second-order valence-electron chi connectivity index (χ2n) is 6.80. The molecule has 25 heavy (non-hydrogen) atoms. The summed E-state index contributed by atoms with van der Waals surface area (Å²) >= 11 is 0. The topological polar surface area (TPSA) is 84.2 Å². The predicted octanol–water partition coefficient (Wildman–Crippen LogP) is 2.65. The van der Waals surface area contributed by atoms with Gasteiger partial charge in [-0.25, -0.2) is 4.98 Å². The largest absolute Gasteiger partial charge is 0.423 e. The third kappa shape index (κ3) is 3.97. The fraction of sp³-hybridized carbons (Fsp3) is 0.556. The number of hydrogen-bond donors (Lipinski definition) is 1. The van der Waals surface area contributed by atoms with Crippen molar-refractivity contribution in [2.24, 2.45) is 0 Å². The van der Waals surface area contributed by atoms with Gasteiger partial charge in [0.05, 0.1) is 12.1 Å². The first-order valence-corrected chi connectivity index (χ1v) is 9.11. The molecule has 3 heterocycles. The van der Waals surface area contributed by atoms with Gasteiger partial charge in [0.2, 0.25) is 11.8 Å². The maximum absolute atomic E-state index is 12.3. The van der Waals surface area contributed by atoms with Crippen LogP contribution in [0.25, 0.3) is 0 Å². The molecule has 1 saturated heterocycles. The standard InChI is InChI=1S/C18H23N5O2/c24-17(20-12-16-21-22-18(25-16)13-5-6-13)14-7-8-15(19-11-14)23-9-3-1-2-4-10-23/h7-8,11,13H,1-6,9-10,12H2,(H,20,24). The lowest BCUT2D eigenvalue weighted by atomic mass is 10.2. The van der Waals surface area contributed by atoms with Crippen molar-refractivity contribution in [2.45, 2.75) is 51.0 Å². The van der Waals surface area contributed by atoms with E-state index in [4.69, 9.17) is 4.42 Å². The summed E-state index contributed by atoms with van der Waals surface area (Å²) in [6, 6.07) is 3.75. The predicted molar refractivity (Wildman–Crippen MR) is 92.4 cm³/mol. The lowest BCUT2D eigenvalue weighted by Gasteiger charge is -2.21. The number of rotatable bonds is 5. The van der Waals surface area contributed by atoms with Gasteiger partial charge < -0.3 is 14.6 Å². The third-order valence-corrected chi connectivity index (χ3v) is 4.75. The average Bonchev–Trinajstić information content (AvgIpc) is 3.44. The molecule has 0 bridgehead atoms. The highest BCUT2D eigenvalue weighted by Gasteiger charge is 2.29. The molecule has 2 aromatic rings. The van der Waals surface area contributed by atoms with Gasteiger partial charge in [-0.1, -0.05) is 12.8 Å². The smallest absolute Gasteiger partial charge is 0.253 e. The molecule has 0 atom stereocenters. The minimum Gasteiger partial charge on any atom is -0.423 e. The second kappa shape index (κ2) is 7.21. The van der Waals surface area contributed by atoms with Crippen LogP contribution in [0.1, 0.15) is 66.6 Å². The van der Waals surface area contributed by atoms with E-state index in [1.165, 1.54) is 25.7 Å². The van der Waals surface area contributed by atoms with Gasteiger partial charge in [0.1, 0.15) is 5.82 Å². The van der Waals surface area contributed by atoms with Gasteiger partial charge in [0.25, 0.3) is 5.91 Å². The van der Waals surface area contributed by atoms with Gasteiger partial charge in [-0.15, -0.1) is 10.2 Å². The van der Waals surface area contributed by atoms with Crippen LogP contribution >= 0.6 is 0 Å². The fourth-order valence-corrected chi connectivity index (χ4v) is 3.10. The lowest BCUT2D eigenvalue weighted by Crippen LogP contribution is -2.26. The molecule has 1 saturated carbocycles. The second-order valence-corrected chi connectivity index (χ2v) is 6.80. The maximum Gasteiger partial charge on any atom is 0.253 e. The van der Waals surface area contributed by atoms with E-state index >= 15 is 0 Å². The van der Waals surface area contributed by atoms with Crippen LogP contribution in [0.4, 0.5) is 5.82 Å². The van der Waals surface area contributed by atoms with Crippen molar-refractivity contribution in [3.05, 3.63) is 35.7 Å². The van der Waals surface area contributed by atoms with E-state index in [-0.39, 0.29) is 12.5 Å².